The van der Waals surface area contributed by atoms with Gasteiger partial charge < -0.3 is 5.11 Å². The molecule has 3 rings (SSSR count). The molecule has 1 fully saturated rings. The molecule has 1 saturated heterocycles. The van der Waals surface area contributed by atoms with Crippen molar-refractivity contribution < 1.29 is 27.1 Å². The van der Waals surface area contributed by atoms with Gasteiger partial charge in [0, 0.05) is 19.5 Å². The van der Waals surface area contributed by atoms with E-state index in [0.717, 1.165) is 34.7 Å². The lowest BCUT2D eigenvalue weighted by Crippen LogP contribution is -2.52. The molecule has 0 saturated carbocycles. The second-order valence-corrected chi connectivity index (χ2v) is 7.99. The largest absolute Gasteiger partial charge is 0.481 e. The summed E-state index contributed by atoms with van der Waals surface area (Å²) in [5, 5.41) is 8.95. The third-order valence-electron chi connectivity index (χ3n) is 4.60. The third kappa shape index (κ3) is 2.85. The zero-order valence-corrected chi connectivity index (χ0v) is 13.2. The number of carbonyl (C=O) groups is 1. The maximum atomic E-state index is 13.7. The second-order valence-electron chi connectivity index (χ2n) is 6.05. The number of carboxylic acid groups (broad SMARTS) is 1. The van der Waals surface area contributed by atoms with Crippen LogP contribution in [0.4, 0.5) is 8.78 Å². The molecule has 1 heterocycles. The Kier molecular flexibility index (Phi) is 3.92. The summed E-state index contributed by atoms with van der Waals surface area (Å²) in [6.45, 7) is -1.09. The Bertz CT molecular complexity index is 748. The lowest BCUT2D eigenvalue weighted by molar-refractivity contribution is -0.163. The number of hydrogen-bond donors (Lipinski definition) is 1. The standard InChI is InChI=1S/C15H17F2NO4S/c16-15(17)6-7-18(9-13(15)14(19)20)23(21,22)12-5-4-10-2-1-3-11(10)8-12/h4-5,8,13H,1-3,6-7,9H2,(H,19,20). The number of piperidine rings is 1. The molecular formula is C15H17F2NO4S. The Morgan fingerprint density at radius 1 is 1.26 bits per heavy atom. The van der Waals surface area contributed by atoms with E-state index in [9.17, 15) is 22.0 Å². The number of nitrogens with zero attached hydrogens (tertiary/aromatic N) is 1. The summed E-state index contributed by atoms with van der Waals surface area (Å²) in [6, 6.07) is 4.81. The predicted octanol–water partition coefficient (Wildman–Crippen LogP) is 1.91. The summed E-state index contributed by atoms with van der Waals surface area (Å²) < 4.78 is 53.5. The first-order valence-corrected chi connectivity index (χ1v) is 8.88. The molecule has 0 amide bonds. The molecule has 126 valence electrons. The summed E-state index contributed by atoms with van der Waals surface area (Å²) in [6.07, 6.45) is 1.89. The van der Waals surface area contributed by atoms with Gasteiger partial charge in [-0.2, -0.15) is 4.31 Å². The highest BCUT2D eigenvalue weighted by molar-refractivity contribution is 7.89. The molecule has 1 aromatic rings. The third-order valence-corrected chi connectivity index (χ3v) is 6.46. The van der Waals surface area contributed by atoms with E-state index in [-0.39, 0.29) is 11.4 Å². The zero-order chi connectivity index (χ0) is 16.8. The Hall–Kier alpha value is -1.54. The maximum Gasteiger partial charge on any atom is 0.313 e. The number of aryl methyl sites for hydroxylation is 2. The first-order chi connectivity index (χ1) is 10.7. The first kappa shape index (κ1) is 16.3. The van der Waals surface area contributed by atoms with Crippen molar-refractivity contribution in [3.05, 3.63) is 29.3 Å². The summed E-state index contributed by atoms with van der Waals surface area (Å²) >= 11 is 0. The molecule has 0 spiro atoms. The van der Waals surface area contributed by atoms with Crippen molar-refractivity contribution in [1.82, 2.24) is 4.31 Å². The van der Waals surface area contributed by atoms with Crippen LogP contribution in [-0.2, 0) is 27.7 Å². The van der Waals surface area contributed by atoms with Gasteiger partial charge >= 0.3 is 5.97 Å². The monoisotopic (exact) mass is 345 g/mol. The lowest BCUT2D eigenvalue weighted by Gasteiger charge is -2.35. The van der Waals surface area contributed by atoms with Crippen LogP contribution < -0.4 is 0 Å². The summed E-state index contributed by atoms with van der Waals surface area (Å²) in [7, 11) is -3.96. The van der Waals surface area contributed by atoms with E-state index in [2.05, 4.69) is 0 Å². The van der Waals surface area contributed by atoms with Gasteiger partial charge in [0.1, 0.15) is 5.92 Å². The highest BCUT2D eigenvalue weighted by Gasteiger charge is 2.50. The fourth-order valence-corrected chi connectivity index (χ4v) is 4.72. The normalized spacial score (nSPS) is 24.3. The number of alkyl halides is 2. The van der Waals surface area contributed by atoms with Gasteiger partial charge in [-0.15, -0.1) is 0 Å². The number of carboxylic acids is 1. The van der Waals surface area contributed by atoms with E-state index in [1.165, 1.54) is 6.07 Å². The minimum atomic E-state index is -3.96. The summed E-state index contributed by atoms with van der Waals surface area (Å²) in [5.74, 6) is -7.08. The number of benzene rings is 1. The molecule has 1 aromatic carbocycles. The van der Waals surface area contributed by atoms with E-state index in [0.29, 0.717) is 0 Å². The van der Waals surface area contributed by atoms with Gasteiger partial charge in [-0.3, -0.25) is 4.79 Å². The highest BCUT2D eigenvalue weighted by Crippen LogP contribution is 2.36. The van der Waals surface area contributed by atoms with Crippen molar-refractivity contribution in [3.8, 4) is 0 Å². The molecule has 1 aliphatic heterocycles. The van der Waals surface area contributed by atoms with Crippen LogP contribution in [-0.4, -0.2) is 42.8 Å². The Morgan fingerprint density at radius 3 is 2.65 bits per heavy atom. The molecule has 0 bridgehead atoms. The predicted molar refractivity (Wildman–Crippen MR) is 77.9 cm³/mol. The van der Waals surface area contributed by atoms with E-state index < -0.39 is 40.8 Å². The summed E-state index contributed by atoms with van der Waals surface area (Å²) in [4.78, 5) is 11.1. The molecule has 8 heteroatoms. The molecule has 5 nitrogen and oxygen atoms in total. The van der Waals surface area contributed by atoms with Crippen LogP contribution in [0.3, 0.4) is 0 Å². The van der Waals surface area contributed by atoms with E-state index >= 15 is 0 Å². The molecule has 2 aliphatic rings. The Balaban J connectivity index is 1.90. The average Bonchev–Trinajstić information content (AvgIpc) is 2.93. The van der Waals surface area contributed by atoms with Gasteiger partial charge in [-0.1, -0.05) is 6.07 Å². The molecule has 1 unspecified atom stereocenters. The number of aliphatic carboxylic acids is 1. The van der Waals surface area contributed by atoms with Crippen molar-refractivity contribution >= 4 is 16.0 Å². The topological polar surface area (TPSA) is 74.7 Å². The zero-order valence-electron chi connectivity index (χ0n) is 12.3. The molecule has 23 heavy (non-hydrogen) atoms. The second kappa shape index (κ2) is 5.52. The lowest BCUT2D eigenvalue weighted by atomic mass is 9.95. The maximum absolute atomic E-state index is 13.7. The van der Waals surface area contributed by atoms with E-state index in [1.54, 1.807) is 12.1 Å². The van der Waals surface area contributed by atoms with E-state index in [4.69, 9.17) is 5.11 Å². The number of sulfonamides is 1. The van der Waals surface area contributed by atoms with Crippen molar-refractivity contribution in [2.75, 3.05) is 13.1 Å². The quantitative estimate of drug-likeness (QED) is 0.908. The van der Waals surface area contributed by atoms with Crippen LogP contribution in [0.2, 0.25) is 0 Å². The van der Waals surface area contributed by atoms with Crippen LogP contribution >= 0.6 is 0 Å². The molecular weight excluding hydrogens is 328 g/mol. The minimum absolute atomic E-state index is 0.0486. The fraction of sp³-hybridized carbons (Fsp3) is 0.533. The number of rotatable bonds is 3. The van der Waals surface area contributed by atoms with Gasteiger partial charge in [0.2, 0.25) is 10.0 Å². The number of hydrogen-bond acceptors (Lipinski definition) is 3. The number of fused-ring (bicyclic) bond motifs is 1. The molecule has 1 aliphatic carbocycles. The van der Waals surface area contributed by atoms with Crippen molar-refractivity contribution in [1.29, 1.82) is 0 Å². The van der Waals surface area contributed by atoms with Gasteiger partial charge in [-0.25, -0.2) is 17.2 Å². The number of halogens is 2. The molecule has 1 N–H and O–H groups in total. The van der Waals surface area contributed by atoms with Gasteiger partial charge in [0.25, 0.3) is 5.92 Å². The van der Waals surface area contributed by atoms with Gasteiger partial charge in [-0.05, 0) is 42.5 Å². The van der Waals surface area contributed by atoms with Crippen molar-refractivity contribution in [2.24, 2.45) is 5.92 Å². The minimum Gasteiger partial charge on any atom is -0.481 e. The highest BCUT2D eigenvalue weighted by atomic mass is 32.2. The SMILES string of the molecule is O=C(O)C1CN(S(=O)(=O)c2ccc3c(c2)CCC3)CCC1(F)F. The Labute approximate surface area is 133 Å². The smallest absolute Gasteiger partial charge is 0.313 e. The molecule has 0 radical (unpaired) electrons. The average molecular weight is 345 g/mol. The van der Waals surface area contributed by atoms with Crippen molar-refractivity contribution in [3.63, 3.8) is 0 Å². The van der Waals surface area contributed by atoms with Crippen LogP contribution in [0.5, 0.6) is 0 Å². The Morgan fingerprint density at radius 2 is 1.96 bits per heavy atom. The summed E-state index contributed by atoms with van der Waals surface area (Å²) in [5.41, 5.74) is 2.07. The van der Waals surface area contributed by atoms with Crippen LogP contribution in [0.15, 0.2) is 23.1 Å². The van der Waals surface area contributed by atoms with Crippen LogP contribution in [0, 0.1) is 5.92 Å². The van der Waals surface area contributed by atoms with Gasteiger partial charge in [0.05, 0.1) is 4.90 Å². The van der Waals surface area contributed by atoms with Crippen molar-refractivity contribution in [2.45, 2.75) is 36.5 Å². The molecule has 1 atom stereocenters. The van der Waals surface area contributed by atoms with E-state index in [1.807, 2.05) is 0 Å². The van der Waals surface area contributed by atoms with Crippen LogP contribution in [0.1, 0.15) is 24.0 Å². The van der Waals surface area contributed by atoms with Gasteiger partial charge in [0.15, 0.2) is 0 Å². The fourth-order valence-electron chi connectivity index (χ4n) is 3.21. The van der Waals surface area contributed by atoms with Crippen LogP contribution in [0.25, 0.3) is 0 Å². The first-order valence-electron chi connectivity index (χ1n) is 7.44. The molecule has 0 aromatic heterocycles.